The van der Waals surface area contributed by atoms with E-state index in [-0.39, 0.29) is 5.92 Å². The molecule has 0 saturated carbocycles. The van der Waals surface area contributed by atoms with Crippen LogP contribution in [0.1, 0.15) is 32.3 Å². The van der Waals surface area contributed by atoms with Crippen molar-refractivity contribution in [3.8, 4) is 0 Å². The summed E-state index contributed by atoms with van der Waals surface area (Å²) in [6.45, 7) is 6.24. The number of nitrogens with one attached hydrogen (secondary N) is 1. The first-order valence-electron chi connectivity index (χ1n) is 7.19. The monoisotopic (exact) mass is 273 g/mol. The SMILES string of the molecule is CC1=CC(C)CC(C(Nc2ccccc2C)C(=O)O)C1. The van der Waals surface area contributed by atoms with E-state index in [0.717, 1.165) is 24.1 Å². The Hall–Kier alpha value is -1.77. The van der Waals surface area contributed by atoms with Gasteiger partial charge in [0.05, 0.1) is 0 Å². The van der Waals surface area contributed by atoms with Crippen LogP contribution in [0.15, 0.2) is 35.9 Å². The van der Waals surface area contributed by atoms with Crippen molar-refractivity contribution in [2.45, 2.75) is 39.7 Å². The second-order valence-electron chi connectivity index (χ2n) is 5.97. The van der Waals surface area contributed by atoms with Gasteiger partial charge in [-0.2, -0.15) is 0 Å². The lowest BCUT2D eigenvalue weighted by molar-refractivity contribution is -0.139. The third-order valence-corrected chi connectivity index (χ3v) is 4.02. The molecule has 1 aliphatic rings. The van der Waals surface area contributed by atoms with Gasteiger partial charge in [0.2, 0.25) is 0 Å². The molecule has 3 atom stereocenters. The number of carboxylic acid groups (broad SMARTS) is 1. The third kappa shape index (κ3) is 3.41. The quantitative estimate of drug-likeness (QED) is 0.819. The summed E-state index contributed by atoms with van der Waals surface area (Å²) >= 11 is 0. The van der Waals surface area contributed by atoms with Gasteiger partial charge in [0, 0.05) is 5.69 Å². The van der Waals surface area contributed by atoms with Crippen LogP contribution >= 0.6 is 0 Å². The second-order valence-corrected chi connectivity index (χ2v) is 5.97. The molecule has 0 amide bonds. The zero-order valence-corrected chi connectivity index (χ0v) is 12.4. The van der Waals surface area contributed by atoms with Gasteiger partial charge in [-0.3, -0.25) is 0 Å². The summed E-state index contributed by atoms with van der Waals surface area (Å²) < 4.78 is 0. The fourth-order valence-corrected chi connectivity index (χ4v) is 3.13. The fraction of sp³-hybridized carbons (Fsp3) is 0.471. The van der Waals surface area contributed by atoms with E-state index in [4.69, 9.17) is 0 Å². The van der Waals surface area contributed by atoms with Crippen LogP contribution < -0.4 is 5.32 Å². The third-order valence-electron chi connectivity index (χ3n) is 4.02. The van der Waals surface area contributed by atoms with E-state index in [1.165, 1.54) is 5.57 Å². The summed E-state index contributed by atoms with van der Waals surface area (Å²) in [5.41, 5.74) is 3.29. The summed E-state index contributed by atoms with van der Waals surface area (Å²) in [6.07, 6.45) is 4.04. The fourth-order valence-electron chi connectivity index (χ4n) is 3.13. The maximum atomic E-state index is 11.6. The van der Waals surface area contributed by atoms with Gasteiger partial charge in [-0.25, -0.2) is 4.79 Å². The number of carbonyl (C=O) groups is 1. The first-order chi connectivity index (χ1) is 9.47. The smallest absolute Gasteiger partial charge is 0.326 e. The molecule has 1 aromatic rings. The Bertz CT molecular complexity index is 521. The average Bonchev–Trinajstić information content (AvgIpc) is 2.36. The maximum Gasteiger partial charge on any atom is 0.326 e. The first kappa shape index (κ1) is 14.6. The van der Waals surface area contributed by atoms with Crippen molar-refractivity contribution < 1.29 is 9.90 Å². The average molecular weight is 273 g/mol. The van der Waals surface area contributed by atoms with Gasteiger partial charge >= 0.3 is 5.97 Å². The Morgan fingerprint density at radius 3 is 2.65 bits per heavy atom. The lowest BCUT2D eigenvalue weighted by Gasteiger charge is -2.31. The molecule has 1 aliphatic carbocycles. The molecule has 0 radical (unpaired) electrons. The molecule has 0 aromatic heterocycles. The molecule has 2 rings (SSSR count). The van der Waals surface area contributed by atoms with Crippen LogP contribution in [0.5, 0.6) is 0 Å². The predicted molar refractivity (Wildman–Crippen MR) is 81.9 cm³/mol. The van der Waals surface area contributed by atoms with Gasteiger partial charge in [-0.15, -0.1) is 0 Å². The summed E-state index contributed by atoms with van der Waals surface area (Å²) in [5, 5.41) is 12.8. The van der Waals surface area contributed by atoms with Crippen molar-refractivity contribution in [2.24, 2.45) is 11.8 Å². The number of allylic oxidation sites excluding steroid dienone is 2. The Morgan fingerprint density at radius 1 is 1.35 bits per heavy atom. The Morgan fingerprint density at radius 2 is 2.05 bits per heavy atom. The predicted octanol–water partition coefficient (Wildman–Crippen LogP) is 3.85. The summed E-state index contributed by atoms with van der Waals surface area (Å²) in [7, 11) is 0. The maximum absolute atomic E-state index is 11.6. The Labute approximate surface area is 120 Å². The number of anilines is 1. The number of rotatable bonds is 4. The van der Waals surface area contributed by atoms with Gasteiger partial charge < -0.3 is 10.4 Å². The normalized spacial score (nSPS) is 23.9. The molecular formula is C17H23NO2. The first-order valence-corrected chi connectivity index (χ1v) is 7.19. The molecule has 0 spiro atoms. The number of benzene rings is 1. The van der Waals surface area contributed by atoms with Crippen molar-refractivity contribution in [2.75, 3.05) is 5.32 Å². The number of para-hydroxylation sites is 1. The molecular weight excluding hydrogens is 250 g/mol. The van der Waals surface area contributed by atoms with Gasteiger partial charge in [0.15, 0.2) is 0 Å². The minimum Gasteiger partial charge on any atom is -0.480 e. The van der Waals surface area contributed by atoms with Gasteiger partial charge in [-0.1, -0.05) is 36.8 Å². The van der Waals surface area contributed by atoms with Gasteiger partial charge in [-0.05, 0) is 50.2 Å². The van der Waals surface area contributed by atoms with E-state index >= 15 is 0 Å². The summed E-state index contributed by atoms with van der Waals surface area (Å²) in [5.74, 6) is -0.165. The van der Waals surface area contributed by atoms with Crippen molar-refractivity contribution in [1.29, 1.82) is 0 Å². The molecule has 3 nitrogen and oxygen atoms in total. The zero-order valence-electron chi connectivity index (χ0n) is 12.4. The van der Waals surface area contributed by atoms with E-state index in [2.05, 4.69) is 25.2 Å². The molecule has 20 heavy (non-hydrogen) atoms. The number of aliphatic carboxylic acids is 1. The molecule has 2 N–H and O–H groups in total. The van der Waals surface area contributed by atoms with E-state index in [1.807, 2.05) is 31.2 Å². The zero-order chi connectivity index (χ0) is 14.7. The van der Waals surface area contributed by atoms with Crippen molar-refractivity contribution in [3.05, 3.63) is 41.5 Å². The van der Waals surface area contributed by atoms with Gasteiger partial charge in [0.1, 0.15) is 6.04 Å². The molecule has 3 unspecified atom stereocenters. The highest BCUT2D eigenvalue weighted by molar-refractivity contribution is 5.78. The van der Waals surface area contributed by atoms with Crippen molar-refractivity contribution in [3.63, 3.8) is 0 Å². The highest BCUT2D eigenvalue weighted by Gasteiger charge is 2.31. The lowest BCUT2D eigenvalue weighted by Crippen LogP contribution is -2.39. The number of aryl methyl sites for hydroxylation is 1. The van der Waals surface area contributed by atoms with Crippen LogP contribution in [0.2, 0.25) is 0 Å². The highest BCUT2D eigenvalue weighted by Crippen LogP contribution is 2.32. The topological polar surface area (TPSA) is 49.3 Å². The molecule has 0 aliphatic heterocycles. The van der Waals surface area contributed by atoms with E-state index in [0.29, 0.717) is 5.92 Å². The lowest BCUT2D eigenvalue weighted by atomic mass is 9.79. The number of carboxylic acids is 1. The summed E-state index contributed by atoms with van der Waals surface area (Å²) in [6, 6.07) is 7.31. The highest BCUT2D eigenvalue weighted by atomic mass is 16.4. The molecule has 3 heteroatoms. The second kappa shape index (κ2) is 6.12. The standard InChI is InChI=1S/C17H23NO2/c1-11-8-12(2)10-14(9-11)16(17(19)20)18-15-7-5-4-6-13(15)3/h4-8,11,14,16,18H,9-10H2,1-3H3,(H,19,20). The van der Waals surface area contributed by atoms with Gasteiger partial charge in [0.25, 0.3) is 0 Å². The van der Waals surface area contributed by atoms with Crippen molar-refractivity contribution >= 4 is 11.7 Å². The van der Waals surface area contributed by atoms with E-state index in [1.54, 1.807) is 0 Å². The summed E-state index contributed by atoms with van der Waals surface area (Å²) in [4.78, 5) is 11.6. The Kier molecular flexibility index (Phi) is 4.48. The number of hydrogen-bond acceptors (Lipinski definition) is 2. The van der Waals surface area contributed by atoms with E-state index in [9.17, 15) is 9.90 Å². The minimum atomic E-state index is -0.764. The van der Waals surface area contributed by atoms with Crippen LogP contribution in [-0.2, 0) is 4.79 Å². The number of hydrogen-bond donors (Lipinski definition) is 2. The van der Waals surface area contributed by atoms with Crippen LogP contribution in [0.3, 0.4) is 0 Å². The van der Waals surface area contributed by atoms with Crippen LogP contribution in [-0.4, -0.2) is 17.1 Å². The Balaban J connectivity index is 2.18. The molecule has 0 saturated heterocycles. The molecule has 0 fully saturated rings. The minimum absolute atomic E-state index is 0.145. The molecule has 0 heterocycles. The molecule has 1 aromatic carbocycles. The van der Waals surface area contributed by atoms with Crippen LogP contribution in [0.4, 0.5) is 5.69 Å². The van der Waals surface area contributed by atoms with Crippen molar-refractivity contribution in [1.82, 2.24) is 0 Å². The van der Waals surface area contributed by atoms with E-state index < -0.39 is 12.0 Å². The van der Waals surface area contributed by atoms with Crippen LogP contribution in [0.25, 0.3) is 0 Å². The molecule has 108 valence electrons. The van der Waals surface area contributed by atoms with Crippen LogP contribution in [0, 0.1) is 18.8 Å². The largest absolute Gasteiger partial charge is 0.480 e. The molecule has 0 bridgehead atoms.